The Hall–Kier alpha value is -3.14. The molecular formula is C25H34FN3O5S. The van der Waals surface area contributed by atoms with Crippen LogP contribution in [0, 0.1) is 5.82 Å². The number of carbonyl (C=O) groups excluding carboxylic acids is 2. The van der Waals surface area contributed by atoms with E-state index in [9.17, 15) is 22.4 Å². The van der Waals surface area contributed by atoms with Gasteiger partial charge in [-0.1, -0.05) is 38.1 Å². The predicted molar refractivity (Wildman–Crippen MR) is 134 cm³/mol. The first-order chi connectivity index (χ1) is 16.5. The van der Waals surface area contributed by atoms with Crippen LogP contribution in [0.25, 0.3) is 0 Å². The van der Waals surface area contributed by atoms with E-state index in [4.69, 9.17) is 4.74 Å². The first-order valence-electron chi connectivity index (χ1n) is 11.5. The van der Waals surface area contributed by atoms with Crippen molar-refractivity contribution in [1.29, 1.82) is 0 Å². The maximum absolute atomic E-state index is 14.5. The molecule has 0 aromatic heterocycles. The van der Waals surface area contributed by atoms with Crippen molar-refractivity contribution in [3.63, 3.8) is 0 Å². The van der Waals surface area contributed by atoms with Crippen molar-refractivity contribution in [3.8, 4) is 5.75 Å². The van der Waals surface area contributed by atoms with Gasteiger partial charge in [-0.05, 0) is 49.6 Å². The van der Waals surface area contributed by atoms with Crippen LogP contribution in [0.3, 0.4) is 0 Å². The van der Waals surface area contributed by atoms with E-state index in [1.54, 1.807) is 38.3 Å². The van der Waals surface area contributed by atoms with E-state index in [1.165, 1.54) is 23.1 Å². The molecule has 1 N–H and O–H groups in total. The summed E-state index contributed by atoms with van der Waals surface area (Å²) in [4.78, 5) is 28.0. The Bertz CT molecular complexity index is 1110. The molecule has 0 aliphatic heterocycles. The first kappa shape index (κ1) is 28.1. The summed E-state index contributed by atoms with van der Waals surface area (Å²) in [6.07, 6.45) is 1.93. The topological polar surface area (TPSA) is 96.0 Å². The zero-order valence-electron chi connectivity index (χ0n) is 20.8. The lowest BCUT2D eigenvalue weighted by atomic mass is 10.1. The maximum atomic E-state index is 14.5. The van der Waals surface area contributed by atoms with E-state index in [0.717, 1.165) is 22.2 Å². The third-order valence-electron chi connectivity index (χ3n) is 5.70. The van der Waals surface area contributed by atoms with Crippen LogP contribution in [0.5, 0.6) is 5.75 Å². The SMILES string of the molecule is CCC(C)NC(=O)C(CC)N(Cc1ccc(OC)cc1)C(=O)CN(c1ccccc1F)S(C)(=O)=O. The van der Waals surface area contributed by atoms with Crippen LogP contribution in [-0.2, 0) is 26.2 Å². The number of hydrogen-bond donors (Lipinski definition) is 1. The normalized spacial score (nSPS) is 13.0. The molecule has 2 aromatic carbocycles. The number of amides is 2. The largest absolute Gasteiger partial charge is 0.497 e. The van der Waals surface area contributed by atoms with Gasteiger partial charge in [-0.3, -0.25) is 13.9 Å². The van der Waals surface area contributed by atoms with E-state index < -0.39 is 34.3 Å². The summed E-state index contributed by atoms with van der Waals surface area (Å²) >= 11 is 0. The van der Waals surface area contributed by atoms with Crippen molar-refractivity contribution in [1.82, 2.24) is 10.2 Å². The molecule has 0 fully saturated rings. The van der Waals surface area contributed by atoms with Crippen molar-refractivity contribution < 1.29 is 27.1 Å². The summed E-state index contributed by atoms with van der Waals surface area (Å²) in [6, 6.07) is 11.4. The summed E-state index contributed by atoms with van der Waals surface area (Å²) in [5, 5.41) is 2.90. The van der Waals surface area contributed by atoms with Crippen LogP contribution in [0.15, 0.2) is 48.5 Å². The van der Waals surface area contributed by atoms with Crippen LogP contribution in [0.1, 0.15) is 39.2 Å². The zero-order chi connectivity index (χ0) is 26.2. The number of benzene rings is 2. The second-order valence-corrected chi connectivity index (χ2v) is 10.2. The number of para-hydroxylation sites is 1. The summed E-state index contributed by atoms with van der Waals surface area (Å²) in [7, 11) is -2.46. The third-order valence-corrected chi connectivity index (χ3v) is 6.83. The lowest BCUT2D eigenvalue weighted by Crippen LogP contribution is -2.53. The molecule has 2 unspecified atom stereocenters. The molecular weight excluding hydrogens is 473 g/mol. The Morgan fingerprint density at radius 3 is 2.20 bits per heavy atom. The monoisotopic (exact) mass is 507 g/mol. The first-order valence-corrected chi connectivity index (χ1v) is 13.3. The molecule has 0 bridgehead atoms. The molecule has 2 rings (SSSR count). The van der Waals surface area contributed by atoms with Gasteiger partial charge in [0.15, 0.2) is 0 Å². The third kappa shape index (κ3) is 7.68. The molecule has 35 heavy (non-hydrogen) atoms. The number of rotatable bonds is 12. The van der Waals surface area contributed by atoms with Gasteiger partial charge in [0.25, 0.3) is 0 Å². The van der Waals surface area contributed by atoms with E-state index in [-0.39, 0.29) is 24.2 Å². The number of sulfonamides is 1. The summed E-state index contributed by atoms with van der Waals surface area (Å²) in [6.45, 7) is 4.99. The number of ether oxygens (including phenoxy) is 1. The molecule has 2 amide bonds. The van der Waals surface area contributed by atoms with E-state index in [0.29, 0.717) is 18.6 Å². The summed E-state index contributed by atoms with van der Waals surface area (Å²) < 4.78 is 45.4. The number of anilines is 1. The van der Waals surface area contributed by atoms with Crippen molar-refractivity contribution in [2.45, 2.75) is 52.2 Å². The van der Waals surface area contributed by atoms with Gasteiger partial charge in [0, 0.05) is 12.6 Å². The minimum atomic E-state index is -4.00. The number of carbonyl (C=O) groups is 2. The average Bonchev–Trinajstić information content (AvgIpc) is 2.82. The van der Waals surface area contributed by atoms with Crippen LogP contribution in [0.4, 0.5) is 10.1 Å². The van der Waals surface area contributed by atoms with Crippen molar-refractivity contribution in [2.75, 3.05) is 24.2 Å². The minimum absolute atomic E-state index is 0.0597. The molecule has 2 aromatic rings. The number of nitrogens with zero attached hydrogens (tertiary/aromatic N) is 2. The van der Waals surface area contributed by atoms with E-state index in [2.05, 4.69) is 5.32 Å². The lowest BCUT2D eigenvalue weighted by Gasteiger charge is -2.33. The molecule has 0 spiro atoms. The Morgan fingerprint density at radius 2 is 1.69 bits per heavy atom. The molecule has 8 nitrogen and oxygen atoms in total. The lowest BCUT2D eigenvalue weighted by molar-refractivity contribution is -0.140. The van der Waals surface area contributed by atoms with Crippen LogP contribution in [0.2, 0.25) is 0 Å². The smallest absolute Gasteiger partial charge is 0.244 e. The highest BCUT2D eigenvalue weighted by Gasteiger charge is 2.32. The number of hydrogen-bond acceptors (Lipinski definition) is 5. The highest BCUT2D eigenvalue weighted by atomic mass is 32.2. The summed E-state index contributed by atoms with van der Waals surface area (Å²) in [5.41, 5.74) is 0.496. The second kappa shape index (κ2) is 12.5. The maximum Gasteiger partial charge on any atom is 0.244 e. The highest BCUT2D eigenvalue weighted by molar-refractivity contribution is 7.92. The standard InChI is InChI=1S/C25H34FN3O5S/c1-6-18(3)27-25(31)22(7-2)28(16-19-12-14-20(34-4)15-13-19)24(30)17-29(35(5,32)33)23-11-9-8-10-21(23)26/h8-15,18,22H,6-7,16-17H2,1-5H3,(H,27,31). The molecule has 2 atom stereocenters. The van der Waals surface area contributed by atoms with Crippen LogP contribution < -0.4 is 14.4 Å². The zero-order valence-corrected chi connectivity index (χ0v) is 21.6. The Labute approximate surface area is 207 Å². The van der Waals surface area contributed by atoms with Crippen molar-refractivity contribution in [3.05, 3.63) is 59.9 Å². The van der Waals surface area contributed by atoms with Gasteiger partial charge in [-0.25, -0.2) is 12.8 Å². The molecule has 192 valence electrons. The Balaban J connectivity index is 2.44. The number of halogens is 1. The predicted octanol–water partition coefficient (Wildman–Crippen LogP) is 3.32. The number of methoxy groups -OCH3 is 1. The van der Waals surface area contributed by atoms with Gasteiger partial charge in [0.2, 0.25) is 21.8 Å². The van der Waals surface area contributed by atoms with E-state index >= 15 is 0 Å². The minimum Gasteiger partial charge on any atom is -0.497 e. The Morgan fingerprint density at radius 1 is 1.06 bits per heavy atom. The van der Waals surface area contributed by atoms with Gasteiger partial charge in [-0.15, -0.1) is 0 Å². The molecule has 10 heteroatoms. The quantitative estimate of drug-likeness (QED) is 0.476. The van der Waals surface area contributed by atoms with Crippen molar-refractivity contribution in [2.24, 2.45) is 0 Å². The molecule has 0 aliphatic rings. The molecule has 0 heterocycles. The van der Waals surface area contributed by atoms with Gasteiger partial charge < -0.3 is 15.0 Å². The van der Waals surface area contributed by atoms with Crippen LogP contribution >= 0.6 is 0 Å². The molecule has 0 aliphatic carbocycles. The molecule has 0 radical (unpaired) electrons. The van der Waals surface area contributed by atoms with Gasteiger partial charge >= 0.3 is 0 Å². The van der Waals surface area contributed by atoms with Crippen molar-refractivity contribution >= 4 is 27.5 Å². The fourth-order valence-electron chi connectivity index (χ4n) is 3.54. The molecule has 0 saturated heterocycles. The average molecular weight is 508 g/mol. The van der Waals surface area contributed by atoms with Gasteiger partial charge in [0.05, 0.1) is 19.1 Å². The highest BCUT2D eigenvalue weighted by Crippen LogP contribution is 2.23. The Kier molecular flexibility index (Phi) is 10.1. The summed E-state index contributed by atoms with van der Waals surface area (Å²) in [5.74, 6) is -1.09. The van der Waals surface area contributed by atoms with E-state index in [1.807, 2.05) is 13.8 Å². The molecule has 0 saturated carbocycles. The second-order valence-electron chi connectivity index (χ2n) is 8.33. The van der Waals surface area contributed by atoms with Gasteiger partial charge in [0.1, 0.15) is 24.2 Å². The van der Waals surface area contributed by atoms with Gasteiger partial charge in [-0.2, -0.15) is 0 Å². The van der Waals surface area contributed by atoms with Crippen LogP contribution in [-0.4, -0.2) is 57.1 Å². The fourth-order valence-corrected chi connectivity index (χ4v) is 4.39. The fraction of sp³-hybridized carbons (Fsp3) is 0.440. The number of nitrogens with one attached hydrogen (secondary N) is 1.